The number of hydrogen-bond acceptors (Lipinski definition) is 2. The highest BCUT2D eigenvalue weighted by molar-refractivity contribution is 8.00. The average molecular weight is 303 g/mol. The maximum atomic E-state index is 4.78. The van der Waals surface area contributed by atoms with Crippen molar-refractivity contribution in [2.24, 2.45) is 5.92 Å². The first-order valence-corrected chi connectivity index (χ1v) is 8.80. The van der Waals surface area contributed by atoms with Gasteiger partial charge in [0.05, 0.1) is 6.54 Å². The quantitative estimate of drug-likeness (QED) is 0.622. The van der Waals surface area contributed by atoms with E-state index in [9.17, 15) is 0 Å². The van der Waals surface area contributed by atoms with E-state index in [0.717, 1.165) is 12.5 Å². The van der Waals surface area contributed by atoms with Gasteiger partial charge < -0.3 is 35.9 Å². The Kier molecular flexibility index (Phi) is 9.74. The van der Waals surface area contributed by atoms with Crippen LogP contribution in [0.2, 0.25) is 0 Å². The third-order valence-corrected chi connectivity index (χ3v) is 4.50. The minimum Gasteiger partial charge on any atom is -0.412 e. The van der Waals surface area contributed by atoms with Gasteiger partial charge in [-0.25, -0.2) is 0 Å². The first-order chi connectivity index (χ1) is 9.22. The smallest absolute Gasteiger partial charge is 0.0742 e. The summed E-state index contributed by atoms with van der Waals surface area (Å²) >= 11 is 9.56. The average Bonchev–Trinajstić information content (AvgIpc) is 2.41. The van der Waals surface area contributed by atoms with E-state index in [1.165, 1.54) is 70.6 Å². The zero-order valence-corrected chi connectivity index (χ0v) is 13.8. The molecule has 0 aliphatic heterocycles. The van der Waals surface area contributed by atoms with Crippen LogP contribution in [0.3, 0.4) is 0 Å². The summed E-state index contributed by atoms with van der Waals surface area (Å²) < 4.78 is 0.534. The van der Waals surface area contributed by atoms with E-state index in [4.69, 9.17) is 24.8 Å². The SMILES string of the molecule is S=C([S-])NC1CCCCC1.[NH3+]CCC1CCCCC1. The Bertz CT molecular complexity index is 232. The summed E-state index contributed by atoms with van der Waals surface area (Å²) in [5.41, 5.74) is 3.88. The normalized spacial score (nSPS) is 21.3. The zero-order valence-electron chi connectivity index (χ0n) is 12.2. The predicted octanol–water partition coefficient (Wildman–Crippen LogP) is 2.94. The molecule has 19 heavy (non-hydrogen) atoms. The monoisotopic (exact) mass is 302 g/mol. The van der Waals surface area contributed by atoms with Crippen molar-refractivity contribution in [1.82, 2.24) is 5.32 Å². The summed E-state index contributed by atoms with van der Waals surface area (Å²) in [5, 5.41) is 3.13. The van der Waals surface area contributed by atoms with Gasteiger partial charge in [-0.3, -0.25) is 0 Å². The number of thiocarbonyl (C=S) groups is 1. The molecule has 4 heteroatoms. The lowest BCUT2D eigenvalue weighted by molar-refractivity contribution is -0.370. The molecule has 2 aliphatic carbocycles. The van der Waals surface area contributed by atoms with Crippen LogP contribution in [0.25, 0.3) is 0 Å². The second-order valence-corrected chi connectivity index (χ2v) is 6.99. The van der Waals surface area contributed by atoms with Crippen molar-refractivity contribution in [2.45, 2.75) is 76.7 Å². The van der Waals surface area contributed by atoms with Crippen molar-refractivity contribution < 1.29 is 5.73 Å². The van der Waals surface area contributed by atoms with E-state index in [0.29, 0.717) is 10.4 Å². The molecule has 0 aromatic carbocycles. The number of quaternary nitrogens is 1. The van der Waals surface area contributed by atoms with Crippen LogP contribution in [-0.2, 0) is 12.6 Å². The van der Waals surface area contributed by atoms with Gasteiger partial charge in [0.2, 0.25) is 0 Å². The van der Waals surface area contributed by atoms with Gasteiger partial charge in [-0.2, -0.15) is 0 Å². The summed E-state index contributed by atoms with van der Waals surface area (Å²) in [6.07, 6.45) is 15.3. The molecule has 2 fully saturated rings. The van der Waals surface area contributed by atoms with Crippen molar-refractivity contribution >= 4 is 29.2 Å². The zero-order chi connectivity index (χ0) is 13.9. The molecule has 112 valence electrons. The van der Waals surface area contributed by atoms with E-state index in [-0.39, 0.29) is 0 Å². The minimum absolute atomic E-state index is 0.534. The van der Waals surface area contributed by atoms with Crippen LogP contribution in [0.1, 0.15) is 70.6 Å². The molecule has 2 saturated carbocycles. The van der Waals surface area contributed by atoms with Crippen LogP contribution in [0.5, 0.6) is 0 Å². The van der Waals surface area contributed by atoms with Gasteiger partial charge in [0.25, 0.3) is 0 Å². The molecule has 0 atom stereocenters. The molecule has 2 rings (SSSR count). The van der Waals surface area contributed by atoms with Crippen molar-refractivity contribution in [1.29, 1.82) is 0 Å². The molecule has 0 aromatic heterocycles. The van der Waals surface area contributed by atoms with Crippen molar-refractivity contribution in [3.05, 3.63) is 0 Å². The Balaban J connectivity index is 0.000000191. The molecular weight excluding hydrogens is 272 g/mol. The van der Waals surface area contributed by atoms with E-state index >= 15 is 0 Å². The minimum atomic E-state index is 0.534. The number of rotatable bonds is 3. The van der Waals surface area contributed by atoms with Gasteiger partial charge >= 0.3 is 0 Å². The Hall–Kier alpha value is 0.0700. The molecule has 4 N–H and O–H groups in total. The lowest BCUT2D eigenvalue weighted by Gasteiger charge is -2.25. The van der Waals surface area contributed by atoms with E-state index in [2.05, 4.69) is 11.1 Å². The van der Waals surface area contributed by atoms with Gasteiger partial charge in [0.15, 0.2) is 0 Å². The fraction of sp³-hybridized carbons (Fsp3) is 0.933. The van der Waals surface area contributed by atoms with Crippen LogP contribution in [0, 0.1) is 5.92 Å². The summed E-state index contributed by atoms with van der Waals surface area (Å²) in [6, 6.07) is 0.582. The predicted molar refractivity (Wildman–Crippen MR) is 88.9 cm³/mol. The molecule has 0 spiro atoms. The molecule has 0 bridgehead atoms. The lowest BCUT2D eigenvalue weighted by atomic mass is 9.87. The Morgan fingerprint density at radius 1 is 1.00 bits per heavy atom. The highest BCUT2D eigenvalue weighted by Crippen LogP contribution is 2.25. The Morgan fingerprint density at radius 3 is 2.00 bits per heavy atom. The van der Waals surface area contributed by atoms with Crippen molar-refractivity contribution in [2.75, 3.05) is 6.54 Å². The van der Waals surface area contributed by atoms with Crippen LogP contribution < -0.4 is 11.1 Å². The summed E-state index contributed by atoms with van der Waals surface area (Å²) in [4.78, 5) is 0. The summed E-state index contributed by atoms with van der Waals surface area (Å²) in [5.74, 6) is 1.04. The second kappa shape index (κ2) is 10.8. The van der Waals surface area contributed by atoms with Crippen LogP contribution in [0.4, 0.5) is 0 Å². The first kappa shape index (κ1) is 17.1. The van der Waals surface area contributed by atoms with Crippen LogP contribution >= 0.6 is 12.2 Å². The molecule has 0 unspecified atom stereocenters. The molecule has 0 aromatic rings. The fourth-order valence-corrected chi connectivity index (χ4v) is 3.51. The molecule has 2 aliphatic rings. The topological polar surface area (TPSA) is 39.7 Å². The van der Waals surface area contributed by atoms with Crippen LogP contribution in [0.15, 0.2) is 0 Å². The Labute approximate surface area is 129 Å². The number of hydrogen-bond donors (Lipinski definition) is 2. The highest BCUT2D eigenvalue weighted by Gasteiger charge is 2.12. The highest BCUT2D eigenvalue weighted by atomic mass is 32.1. The fourth-order valence-electron chi connectivity index (χ4n) is 3.18. The second-order valence-electron chi connectivity index (χ2n) is 5.91. The molecular formula is C15H30N2S2. The van der Waals surface area contributed by atoms with E-state index < -0.39 is 0 Å². The third-order valence-electron chi connectivity index (χ3n) is 4.26. The standard InChI is InChI=1S/C8H17N.C7H13NS2/c9-7-6-8-4-2-1-3-5-8;9-7(10)8-6-4-2-1-3-5-6/h8H,1-7,9H2;6H,1-5H2,(H2,8,9,10). The summed E-state index contributed by atoms with van der Waals surface area (Å²) in [7, 11) is 0. The third kappa shape index (κ3) is 8.77. The van der Waals surface area contributed by atoms with E-state index in [1.54, 1.807) is 0 Å². The van der Waals surface area contributed by atoms with Crippen LogP contribution in [-0.4, -0.2) is 16.9 Å². The van der Waals surface area contributed by atoms with E-state index in [1.807, 2.05) is 0 Å². The first-order valence-electron chi connectivity index (χ1n) is 7.99. The molecule has 2 nitrogen and oxygen atoms in total. The number of nitrogens with one attached hydrogen (secondary N) is 1. The van der Waals surface area contributed by atoms with Gasteiger partial charge in [0.1, 0.15) is 0 Å². The van der Waals surface area contributed by atoms with Gasteiger partial charge in [-0.15, -0.1) is 0 Å². The molecule has 0 heterocycles. The van der Waals surface area contributed by atoms with Crippen molar-refractivity contribution in [3.8, 4) is 0 Å². The largest absolute Gasteiger partial charge is 0.412 e. The maximum absolute atomic E-state index is 4.78. The lowest BCUT2D eigenvalue weighted by Crippen LogP contribution is -2.50. The van der Waals surface area contributed by atoms with Crippen molar-refractivity contribution in [3.63, 3.8) is 0 Å². The molecule has 0 radical (unpaired) electrons. The maximum Gasteiger partial charge on any atom is 0.0742 e. The summed E-state index contributed by atoms with van der Waals surface area (Å²) in [6.45, 7) is 1.14. The molecule has 0 amide bonds. The van der Waals surface area contributed by atoms with Gasteiger partial charge in [0, 0.05) is 6.04 Å². The van der Waals surface area contributed by atoms with Gasteiger partial charge in [-0.05, 0) is 25.2 Å². The van der Waals surface area contributed by atoms with Gasteiger partial charge in [-0.1, -0.05) is 55.7 Å². The Morgan fingerprint density at radius 2 is 1.53 bits per heavy atom. The molecule has 0 saturated heterocycles.